The second-order valence-corrected chi connectivity index (χ2v) is 8.26. The van der Waals surface area contributed by atoms with E-state index in [1.807, 2.05) is 38.1 Å². The Balaban J connectivity index is 0.000000202. The summed E-state index contributed by atoms with van der Waals surface area (Å²) in [6.45, 7) is 6.29. The van der Waals surface area contributed by atoms with Crippen LogP contribution in [-0.2, 0) is 17.3 Å². The number of hydrogen-bond acceptors (Lipinski definition) is 4. The monoisotopic (exact) mass is 470 g/mol. The van der Waals surface area contributed by atoms with Crippen LogP contribution in [0.2, 0.25) is 0 Å². The van der Waals surface area contributed by atoms with Crippen molar-refractivity contribution in [3.63, 3.8) is 0 Å². The van der Waals surface area contributed by atoms with Gasteiger partial charge in [-0.1, -0.05) is 31.6 Å². The highest BCUT2D eigenvalue weighted by atomic mass is 19.4. The van der Waals surface area contributed by atoms with Crippen LogP contribution in [0.5, 0.6) is 0 Å². The number of halogens is 3. The minimum absolute atomic E-state index is 0.0424. The number of aromatic nitrogens is 2. The van der Waals surface area contributed by atoms with E-state index in [9.17, 15) is 18.0 Å². The van der Waals surface area contributed by atoms with Crippen molar-refractivity contribution < 1.29 is 22.7 Å². The summed E-state index contributed by atoms with van der Waals surface area (Å²) in [5, 5.41) is 0.906. The molecule has 1 aliphatic heterocycles. The summed E-state index contributed by atoms with van der Waals surface area (Å²) in [6.07, 6.45) is 2.26. The average Bonchev–Trinajstić information content (AvgIpc) is 2.82. The lowest BCUT2D eigenvalue weighted by atomic mass is 9.93. The van der Waals surface area contributed by atoms with E-state index in [2.05, 4.69) is 9.97 Å². The van der Waals surface area contributed by atoms with E-state index < -0.39 is 11.7 Å². The lowest BCUT2D eigenvalue weighted by Gasteiger charge is -2.19. The minimum atomic E-state index is -4.31. The van der Waals surface area contributed by atoms with Gasteiger partial charge in [0.1, 0.15) is 0 Å². The molecule has 0 N–H and O–H groups in total. The van der Waals surface area contributed by atoms with E-state index in [1.54, 1.807) is 25.3 Å². The van der Waals surface area contributed by atoms with E-state index in [1.165, 1.54) is 6.07 Å². The Bertz CT molecular complexity index is 1190. The van der Waals surface area contributed by atoms with Crippen LogP contribution in [-0.4, -0.2) is 29.0 Å². The molecule has 7 heteroatoms. The van der Waals surface area contributed by atoms with Gasteiger partial charge in [-0.2, -0.15) is 13.2 Å². The van der Waals surface area contributed by atoms with Crippen molar-refractivity contribution in [3.8, 4) is 0 Å². The van der Waals surface area contributed by atoms with Crippen molar-refractivity contribution in [2.24, 2.45) is 0 Å². The summed E-state index contributed by atoms with van der Waals surface area (Å²) >= 11 is 0. The van der Waals surface area contributed by atoms with Gasteiger partial charge >= 0.3 is 6.18 Å². The number of aryl methyl sites for hydroxylation is 2. The SMILES string of the molecule is CC(=O)c1cc2cccnc2nc1C.CCCCc1ccc(C2=CCOCC2)c(C(F)(F)F)c1. The van der Waals surface area contributed by atoms with Gasteiger partial charge < -0.3 is 4.74 Å². The third-order valence-electron chi connectivity index (χ3n) is 5.68. The Kier molecular flexibility index (Phi) is 8.56. The highest BCUT2D eigenvalue weighted by Crippen LogP contribution is 2.37. The number of pyridine rings is 2. The number of rotatable bonds is 5. The standard InChI is InChI=1S/C16H19F3O.C11H10N2O/c1-2-3-4-12-5-6-14(13-7-9-20-10-8-13)15(11-12)16(17,18)19;1-7-10(8(2)14)6-9-4-3-5-12-11(9)13-7/h5-7,11H,2-4,8-10H2,1H3;3-6H,1-2H3. The molecule has 0 amide bonds. The maximum absolute atomic E-state index is 13.2. The topological polar surface area (TPSA) is 52.1 Å². The minimum Gasteiger partial charge on any atom is -0.377 e. The summed E-state index contributed by atoms with van der Waals surface area (Å²) in [7, 11) is 0. The number of carbonyl (C=O) groups excluding carboxylic acids is 1. The summed E-state index contributed by atoms with van der Waals surface area (Å²) in [5.41, 5.74) is 3.39. The van der Waals surface area contributed by atoms with Gasteiger partial charge in [0.25, 0.3) is 0 Å². The van der Waals surface area contributed by atoms with Crippen LogP contribution in [0.15, 0.2) is 48.7 Å². The first-order valence-corrected chi connectivity index (χ1v) is 11.4. The smallest absolute Gasteiger partial charge is 0.377 e. The van der Waals surface area contributed by atoms with E-state index >= 15 is 0 Å². The van der Waals surface area contributed by atoms with E-state index in [4.69, 9.17) is 4.74 Å². The maximum Gasteiger partial charge on any atom is 0.417 e. The zero-order valence-corrected chi connectivity index (χ0v) is 19.7. The fourth-order valence-corrected chi connectivity index (χ4v) is 3.86. The quantitative estimate of drug-likeness (QED) is 0.377. The number of benzene rings is 1. The third-order valence-corrected chi connectivity index (χ3v) is 5.68. The summed E-state index contributed by atoms with van der Waals surface area (Å²) in [5.74, 6) is 0.0424. The van der Waals surface area contributed by atoms with Gasteiger partial charge in [-0.15, -0.1) is 0 Å². The summed E-state index contributed by atoms with van der Waals surface area (Å²) < 4.78 is 44.9. The molecule has 0 atom stereocenters. The molecule has 0 bridgehead atoms. The number of unbranched alkanes of at least 4 members (excludes halogenated alkanes) is 1. The van der Waals surface area contributed by atoms with Crippen LogP contribution in [0.25, 0.3) is 16.6 Å². The predicted octanol–water partition coefficient (Wildman–Crippen LogP) is 6.99. The number of ether oxygens (including phenoxy) is 1. The Morgan fingerprint density at radius 2 is 1.97 bits per heavy atom. The Labute approximate surface area is 197 Å². The number of Topliss-reactive ketones (excluding diaryl/α,β-unsaturated/α-hetero) is 1. The lowest BCUT2D eigenvalue weighted by molar-refractivity contribution is -0.137. The first-order valence-electron chi connectivity index (χ1n) is 11.4. The maximum atomic E-state index is 13.2. The molecule has 4 rings (SSSR count). The van der Waals surface area contributed by atoms with Crippen LogP contribution < -0.4 is 0 Å². The number of fused-ring (bicyclic) bond motifs is 1. The molecule has 0 fully saturated rings. The molecule has 0 saturated carbocycles. The predicted molar refractivity (Wildman–Crippen MR) is 128 cm³/mol. The van der Waals surface area contributed by atoms with E-state index in [0.717, 1.165) is 35.1 Å². The van der Waals surface area contributed by atoms with Gasteiger partial charge in [0.2, 0.25) is 0 Å². The normalized spacial score (nSPS) is 13.8. The second kappa shape index (κ2) is 11.4. The molecule has 180 valence electrons. The molecular weight excluding hydrogens is 441 g/mol. The molecule has 0 radical (unpaired) electrons. The summed E-state index contributed by atoms with van der Waals surface area (Å²) in [4.78, 5) is 19.6. The van der Waals surface area contributed by atoms with Crippen LogP contribution in [0.4, 0.5) is 13.2 Å². The Morgan fingerprint density at radius 1 is 1.18 bits per heavy atom. The highest BCUT2D eigenvalue weighted by molar-refractivity contribution is 5.98. The molecular formula is C27H29F3N2O2. The second-order valence-electron chi connectivity index (χ2n) is 8.26. The molecule has 4 nitrogen and oxygen atoms in total. The molecule has 34 heavy (non-hydrogen) atoms. The molecule has 0 saturated heterocycles. The van der Waals surface area contributed by atoms with Crippen molar-refractivity contribution in [2.45, 2.75) is 52.6 Å². The first-order chi connectivity index (χ1) is 16.2. The molecule has 3 heterocycles. The third kappa shape index (κ3) is 6.50. The first kappa shape index (κ1) is 25.6. The van der Waals surface area contributed by atoms with Gasteiger partial charge in [-0.3, -0.25) is 4.79 Å². The molecule has 0 unspecified atom stereocenters. The van der Waals surface area contributed by atoms with E-state index in [0.29, 0.717) is 42.8 Å². The van der Waals surface area contributed by atoms with Crippen LogP contribution in [0, 0.1) is 6.92 Å². The number of hydrogen-bond donors (Lipinski definition) is 0. The van der Waals surface area contributed by atoms with Crippen LogP contribution >= 0.6 is 0 Å². The number of alkyl halides is 3. The number of ketones is 1. The van der Waals surface area contributed by atoms with Crippen molar-refractivity contribution in [3.05, 3.63) is 76.6 Å². The molecule has 1 aliphatic rings. The molecule has 2 aromatic heterocycles. The molecule has 3 aromatic rings. The lowest BCUT2D eigenvalue weighted by Crippen LogP contribution is -2.12. The largest absolute Gasteiger partial charge is 0.417 e. The van der Waals surface area contributed by atoms with Gasteiger partial charge in [-0.05, 0) is 74.1 Å². The van der Waals surface area contributed by atoms with Crippen molar-refractivity contribution in [1.29, 1.82) is 0 Å². The van der Waals surface area contributed by atoms with Gasteiger partial charge in [0.15, 0.2) is 11.4 Å². The molecule has 1 aromatic carbocycles. The zero-order valence-electron chi connectivity index (χ0n) is 19.7. The van der Waals surface area contributed by atoms with Crippen LogP contribution in [0.3, 0.4) is 0 Å². The zero-order chi connectivity index (χ0) is 24.7. The Hall–Kier alpha value is -3.06. The average molecular weight is 471 g/mol. The van der Waals surface area contributed by atoms with Gasteiger partial charge in [0.05, 0.1) is 24.5 Å². The molecule has 0 spiro atoms. The van der Waals surface area contributed by atoms with Gasteiger partial charge in [0, 0.05) is 17.1 Å². The number of carbonyl (C=O) groups is 1. The highest BCUT2D eigenvalue weighted by Gasteiger charge is 2.34. The Morgan fingerprint density at radius 3 is 2.62 bits per heavy atom. The fraction of sp³-hybridized carbons (Fsp3) is 0.370. The van der Waals surface area contributed by atoms with Crippen LogP contribution in [0.1, 0.15) is 65.9 Å². The van der Waals surface area contributed by atoms with Crippen molar-refractivity contribution >= 4 is 22.4 Å². The number of nitrogens with zero attached hydrogens (tertiary/aromatic N) is 2. The van der Waals surface area contributed by atoms with E-state index in [-0.39, 0.29) is 5.78 Å². The van der Waals surface area contributed by atoms with Crippen molar-refractivity contribution in [2.75, 3.05) is 13.2 Å². The summed E-state index contributed by atoms with van der Waals surface area (Å²) in [6, 6.07) is 10.3. The fourth-order valence-electron chi connectivity index (χ4n) is 3.86. The van der Waals surface area contributed by atoms with Crippen molar-refractivity contribution in [1.82, 2.24) is 9.97 Å². The van der Waals surface area contributed by atoms with Gasteiger partial charge in [-0.25, -0.2) is 9.97 Å². The molecule has 0 aliphatic carbocycles.